The van der Waals surface area contributed by atoms with Crippen molar-refractivity contribution in [2.45, 2.75) is 45.8 Å². The lowest BCUT2D eigenvalue weighted by Crippen LogP contribution is -2.51. The fourth-order valence-corrected chi connectivity index (χ4v) is 3.62. The molecule has 0 heterocycles. The Kier molecular flexibility index (Phi) is 8.99. The van der Waals surface area contributed by atoms with E-state index in [0.29, 0.717) is 23.7 Å². The molecule has 156 valence electrons. The Morgan fingerprint density at radius 3 is 2.45 bits per heavy atom. The highest BCUT2D eigenvalue weighted by atomic mass is 79.9. The SMILES string of the molecule is CCC(C(=O)NC(C)C)N(Cc1ccccc1)C(=O)COc1ccc(Br)cc1Cl. The molecule has 1 N–H and O–H groups in total. The number of benzene rings is 2. The summed E-state index contributed by atoms with van der Waals surface area (Å²) in [6.07, 6.45) is 0.496. The number of ether oxygens (including phenoxy) is 1. The topological polar surface area (TPSA) is 58.6 Å². The molecule has 0 saturated heterocycles. The Hall–Kier alpha value is -2.05. The molecular formula is C22H26BrClN2O3. The normalized spacial score (nSPS) is 11.8. The predicted molar refractivity (Wildman–Crippen MR) is 119 cm³/mol. The van der Waals surface area contributed by atoms with Crippen LogP contribution < -0.4 is 10.1 Å². The highest BCUT2D eigenvalue weighted by Gasteiger charge is 2.29. The van der Waals surface area contributed by atoms with E-state index in [1.165, 1.54) is 0 Å². The van der Waals surface area contributed by atoms with Gasteiger partial charge in [0.05, 0.1) is 5.02 Å². The molecule has 2 aromatic rings. The van der Waals surface area contributed by atoms with Gasteiger partial charge in [-0.05, 0) is 44.0 Å². The van der Waals surface area contributed by atoms with Gasteiger partial charge < -0.3 is 15.0 Å². The number of nitrogens with one attached hydrogen (secondary N) is 1. The largest absolute Gasteiger partial charge is 0.482 e. The van der Waals surface area contributed by atoms with Crippen LogP contribution in [0.15, 0.2) is 53.0 Å². The van der Waals surface area contributed by atoms with Crippen LogP contribution in [-0.4, -0.2) is 35.4 Å². The summed E-state index contributed by atoms with van der Waals surface area (Å²) < 4.78 is 6.47. The van der Waals surface area contributed by atoms with Gasteiger partial charge in [0.15, 0.2) is 6.61 Å². The summed E-state index contributed by atoms with van der Waals surface area (Å²) in [6, 6.07) is 14.2. The minimum atomic E-state index is -0.589. The number of hydrogen-bond donors (Lipinski definition) is 1. The second-order valence-electron chi connectivity index (χ2n) is 6.96. The summed E-state index contributed by atoms with van der Waals surface area (Å²) in [5, 5.41) is 3.31. The van der Waals surface area contributed by atoms with Crippen molar-refractivity contribution in [2.75, 3.05) is 6.61 Å². The minimum absolute atomic E-state index is 0.0111. The number of rotatable bonds is 9. The molecule has 2 aromatic carbocycles. The van der Waals surface area contributed by atoms with Crippen LogP contribution in [-0.2, 0) is 16.1 Å². The third-order valence-electron chi connectivity index (χ3n) is 4.26. The van der Waals surface area contributed by atoms with Crippen LogP contribution in [0.3, 0.4) is 0 Å². The fourth-order valence-electron chi connectivity index (χ4n) is 2.89. The van der Waals surface area contributed by atoms with Gasteiger partial charge in [0.1, 0.15) is 11.8 Å². The van der Waals surface area contributed by atoms with Gasteiger partial charge in [-0.25, -0.2) is 0 Å². The van der Waals surface area contributed by atoms with Crippen LogP contribution in [0, 0.1) is 0 Å². The smallest absolute Gasteiger partial charge is 0.261 e. The molecule has 0 aliphatic rings. The van der Waals surface area contributed by atoms with Crippen molar-refractivity contribution >= 4 is 39.3 Å². The van der Waals surface area contributed by atoms with Crippen LogP contribution in [0.25, 0.3) is 0 Å². The van der Waals surface area contributed by atoms with Gasteiger partial charge in [-0.2, -0.15) is 0 Å². The molecule has 0 spiro atoms. The van der Waals surface area contributed by atoms with E-state index in [4.69, 9.17) is 16.3 Å². The van der Waals surface area contributed by atoms with Crippen molar-refractivity contribution in [2.24, 2.45) is 0 Å². The van der Waals surface area contributed by atoms with Gasteiger partial charge in [-0.1, -0.05) is 64.8 Å². The Morgan fingerprint density at radius 2 is 1.86 bits per heavy atom. The molecule has 2 amide bonds. The fraction of sp³-hybridized carbons (Fsp3) is 0.364. The Labute approximate surface area is 185 Å². The average Bonchev–Trinajstić information content (AvgIpc) is 2.67. The number of amides is 2. The van der Waals surface area contributed by atoms with Crippen LogP contribution in [0.1, 0.15) is 32.8 Å². The maximum Gasteiger partial charge on any atom is 0.261 e. The maximum absolute atomic E-state index is 13.1. The number of carbonyl (C=O) groups excluding carboxylic acids is 2. The van der Waals surface area contributed by atoms with Crippen molar-refractivity contribution in [1.82, 2.24) is 10.2 Å². The zero-order valence-corrected chi connectivity index (χ0v) is 19.2. The van der Waals surface area contributed by atoms with E-state index in [-0.39, 0.29) is 24.5 Å². The van der Waals surface area contributed by atoms with Crippen LogP contribution in [0.5, 0.6) is 5.75 Å². The molecule has 0 saturated carbocycles. The summed E-state index contributed by atoms with van der Waals surface area (Å²) in [7, 11) is 0. The average molecular weight is 482 g/mol. The van der Waals surface area contributed by atoms with E-state index in [0.717, 1.165) is 10.0 Å². The predicted octanol–water partition coefficient (Wildman–Crippen LogP) is 4.81. The number of nitrogens with zero attached hydrogens (tertiary/aromatic N) is 1. The first-order valence-corrected chi connectivity index (χ1v) is 10.7. The molecule has 0 aromatic heterocycles. The Bertz CT molecular complexity index is 830. The van der Waals surface area contributed by atoms with E-state index >= 15 is 0 Å². The first kappa shape index (κ1) is 23.2. The van der Waals surface area contributed by atoms with Crippen molar-refractivity contribution in [3.8, 4) is 5.75 Å². The van der Waals surface area contributed by atoms with E-state index in [1.54, 1.807) is 23.1 Å². The number of carbonyl (C=O) groups is 2. The zero-order chi connectivity index (χ0) is 21.4. The Balaban J connectivity index is 2.20. The third kappa shape index (κ3) is 7.05. The van der Waals surface area contributed by atoms with Gasteiger partial charge in [0.25, 0.3) is 5.91 Å². The van der Waals surface area contributed by atoms with Crippen molar-refractivity contribution in [3.05, 3.63) is 63.6 Å². The van der Waals surface area contributed by atoms with E-state index in [1.807, 2.05) is 51.1 Å². The molecule has 7 heteroatoms. The molecule has 0 fully saturated rings. The summed E-state index contributed by atoms with van der Waals surface area (Å²) in [5.41, 5.74) is 0.943. The van der Waals surface area contributed by atoms with Gasteiger partial charge in [0.2, 0.25) is 5.91 Å². The molecule has 1 atom stereocenters. The third-order valence-corrected chi connectivity index (χ3v) is 5.05. The van der Waals surface area contributed by atoms with E-state index in [2.05, 4.69) is 21.2 Å². The molecule has 29 heavy (non-hydrogen) atoms. The lowest BCUT2D eigenvalue weighted by Gasteiger charge is -2.31. The lowest BCUT2D eigenvalue weighted by atomic mass is 10.1. The van der Waals surface area contributed by atoms with Crippen LogP contribution in [0.4, 0.5) is 0 Å². The first-order chi connectivity index (χ1) is 13.8. The van der Waals surface area contributed by atoms with E-state index < -0.39 is 6.04 Å². The van der Waals surface area contributed by atoms with Crippen molar-refractivity contribution < 1.29 is 14.3 Å². The number of hydrogen-bond acceptors (Lipinski definition) is 3. The number of halogens is 2. The molecule has 0 bridgehead atoms. The second-order valence-corrected chi connectivity index (χ2v) is 8.28. The highest BCUT2D eigenvalue weighted by molar-refractivity contribution is 9.10. The quantitative estimate of drug-likeness (QED) is 0.559. The molecule has 0 aliphatic carbocycles. The minimum Gasteiger partial charge on any atom is -0.482 e. The van der Waals surface area contributed by atoms with Crippen LogP contribution >= 0.6 is 27.5 Å². The van der Waals surface area contributed by atoms with Gasteiger partial charge in [-0.15, -0.1) is 0 Å². The first-order valence-electron chi connectivity index (χ1n) is 9.53. The Morgan fingerprint density at radius 1 is 1.17 bits per heavy atom. The summed E-state index contributed by atoms with van der Waals surface area (Å²) in [4.78, 5) is 27.3. The molecule has 1 unspecified atom stereocenters. The summed E-state index contributed by atoms with van der Waals surface area (Å²) >= 11 is 9.52. The van der Waals surface area contributed by atoms with Crippen molar-refractivity contribution in [1.29, 1.82) is 0 Å². The monoisotopic (exact) mass is 480 g/mol. The van der Waals surface area contributed by atoms with Crippen LogP contribution in [0.2, 0.25) is 5.02 Å². The zero-order valence-electron chi connectivity index (χ0n) is 16.8. The molecule has 5 nitrogen and oxygen atoms in total. The molecule has 2 rings (SSSR count). The highest BCUT2D eigenvalue weighted by Crippen LogP contribution is 2.27. The van der Waals surface area contributed by atoms with E-state index in [9.17, 15) is 9.59 Å². The summed E-state index contributed by atoms with van der Waals surface area (Å²) in [5.74, 6) is -0.0328. The second kappa shape index (κ2) is 11.2. The van der Waals surface area contributed by atoms with Gasteiger partial charge in [0, 0.05) is 17.1 Å². The molecule has 0 aliphatic heterocycles. The maximum atomic E-state index is 13.1. The summed E-state index contributed by atoms with van der Waals surface area (Å²) in [6.45, 7) is 5.79. The molecular weight excluding hydrogens is 456 g/mol. The van der Waals surface area contributed by atoms with Gasteiger partial charge >= 0.3 is 0 Å². The van der Waals surface area contributed by atoms with Crippen molar-refractivity contribution in [3.63, 3.8) is 0 Å². The van der Waals surface area contributed by atoms with Gasteiger partial charge in [-0.3, -0.25) is 9.59 Å². The molecule has 0 radical (unpaired) electrons. The lowest BCUT2D eigenvalue weighted by molar-refractivity contribution is -0.143. The standard InChI is InChI=1S/C22H26BrClN2O3/c1-4-19(22(28)25-15(2)3)26(13-16-8-6-5-7-9-16)21(27)14-29-20-11-10-17(23)12-18(20)24/h5-12,15,19H,4,13-14H2,1-3H3,(H,25,28).